The van der Waals surface area contributed by atoms with Crippen LogP contribution in [0.1, 0.15) is 12.5 Å². The van der Waals surface area contributed by atoms with Gasteiger partial charge in [-0.1, -0.05) is 0 Å². The highest BCUT2D eigenvalue weighted by molar-refractivity contribution is 7.89. The fourth-order valence-corrected chi connectivity index (χ4v) is 4.84. The first-order chi connectivity index (χ1) is 13.4. The third-order valence-electron chi connectivity index (χ3n) is 4.88. The van der Waals surface area contributed by atoms with Crippen molar-refractivity contribution < 1.29 is 27.2 Å². The number of sulfonamides is 1. The Kier molecular flexibility index (Phi) is 6.53. The first-order valence-electron chi connectivity index (χ1n) is 9.33. The second-order valence-corrected chi connectivity index (χ2v) is 8.63. The molecule has 1 fully saturated rings. The van der Waals surface area contributed by atoms with E-state index in [0.29, 0.717) is 50.8 Å². The molecule has 8 heteroatoms. The van der Waals surface area contributed by atoms with Crippen LogP contribution in [0.5, 0.6) is 11.5 Å². The number of rotatable bonds is 7. The van der Waals surface area contributed by atoms with E-state index >= 15 is 0 Å². The van der Waals surface area contributed by atoms with Gasteiger partial charge >= 0.3 is 0 Å². The molecule has 1 N–H and O–H groups in total. The summed E-state index contributed by atoms with van der Waals surface area (Å²) in [7, 11) is -1.97. The summed E-state index contributed by atoms with van der Waals surface area (Å²) in [5.41, 5.74) is 0.792. The van der Waals surface area contributed by atoms with E-state index in [1.54, 1.807) is 37.4 Å². The van der Waals surface area contributed by atoms with Crippen molar-refractivity contribution in [3.63, 3.8) is 0 Å². The topological polar surface area (TPSA) is 60.3 Å². The van der Waals surface area contributed by atoms with Gasteiger partial charge in [0.15, 0.2) is 0 Å². The molecule has 0 spiro atoms. The zero-order chi connectivity index (χ0) is 20.1. The summed E-state index contributed by atoms with van der Waals surface area (Å²) in [5.74, 6) is 1.00. The van der Waals surface area contributed by atoms with Crippen molar-refractivity contribution in [1.29, 1.82) is 0 Å². The van der Waals surface area contributed by atoms with Crippen LogP contribution in [-0.2, 0) is 16.6 Å². The molecule has 0 bridgehead atoms. The van der Waals surface area contributed by atoms with Crippen molar-refractivity contribution in [3.8, 4) is 11.5 Å². The number of halogens is 1. The minimum Gasteiger partial charge on any atom is -0.496 e. The highest BCUT2D eigenvalue weighted by Crippen LogP contribution is 2.20. The fourth-order valence-electron chi connectivity index (χ4n) is 3.40. The van der Waals surface area contributed by atoms with Gasteiger partial charge in [0.2, 0.25) is 10.0 Å². The van der Waals surface area contributed by atoms with Crippen molar-refractivity contribution >= 4 is 10.0 Å². The zero-order valence-corrected chi connectivity index (χ0v) is 17.0. The number of nitrogens with one attached hydrogen (secondary N) is 1. The highest BCUT2D eigenvalue weighted by Gasteiger charge is 2.30. The first-order valence-corrected chi connectivity index (χ1v) is 10.8. The molecule has 28 heavy (non-hydrogen) atoms. The van der Waals surface area contributed by atoms with Gasteiger partial charge in [0.25, 0.3) is 0 Å². The second-order valence-electron chi connectivity index (χ2n) is 6.69. The lowest BCUT2D eigenvalue weighted by atomic mass is 10.1. The molecular formula is C20H26FN2O4S+. The molecule has 2 aromatic carbocycles. The van der Waals surface area contributed by atoms with Crippen LogP contribution in [0.15, 0.2) is 47.4 Å². The summed E-state index contributed by atoms with van der Waals surface area (Å²) < 4.78 is 51.5. The number of hydrogen-bond donors (Lipinski definition) is 1. The number of quaternary nitrogens is 1. The number of ether oxygens (including phenoxy) is 2. The molecule has 0 aromatic heterocycles. The van der Waals surface area contributed by atoms with Crippen LogP contribution >= 0.6 is 0 Å². The molecule has 152 valence electrons. The van der Waals surface area contributed by atoms with Gasteiger partial charge in [-0.05, 0) is 49.4 Å². The van der Waals surface area contributed by atoms with Gasteiger partial charge in [0, 0.05) is 0 Å². The van der Waals surface area contributed by atoms with E-state index in [1.165, 1.54) is 21.3 Å². The molecule has 0 saturated carbocycles. The van der Waals surface area contributed by atoms with Crippen LogP contribution in [-0.4, -0.2) is 52.6 Å². The Labute approximate surface area is 165 Å². The molecule has 1 aliphatic rings. The predicted octanol–water partition coefficient (Wildman–Crippen LogP) is 1.32. The van der Waals surface area contributed by atoms with Gasteiger partial charge in [-0.25, -0.2) is 12.8 Å². The average molecular weight is 410 g/mol. The summed E-state index contributed by atoms with van der Waals surface area (Å²) in [6, 6.07) is 11.0. The second kappa shape index (κ2) is 8.89. The average Bonchev–Trinajstić information content (AvgIpc) is 2.69. The Hall–Kier alpha value is -2.16. The SMILES string of the molecule is CCOc1ccc(S(=O)(=O)N2CC[NH+](Cc3cc(F)ccc3OC)CC2)cc1. The van der Waals surface area contributed by atoms with Crippen LogP contribution < -0.4 is 14.4 Å². The number of methoxy groups -OCH3 is 1. The Morgan fingerprint density at radius 1 is 1.11 bits per heavy atom. The molecule has 0 atom stereocenters. The van der Waals surface area contributed by atoms with Crippen molar-refractivity contribution in [2.45, 2.75) is 18.4 Å². The van der Waals surface area contributed by atoms with E-state index < -0.39 is 10.0 Å². The smallest absolute Gasteiger partial charge is 0.243 e. The Bertz CT molecular complexity index is 895. The maximum absolute atomic E-state index is 13.6. The van der Waals surface area contributed by atoms with Gasteiger partial charge in [-0.3, -0.25) is 0 Å². The van der Waals surface area contributed by atoms with E-state index in [4.69, 9.17) is 9.47 Å². The number of piperazine rings is 1. The zero-order valence-electron chi connectivity index (χ0n) is 16.2. The summed E-state index contributed by atoms with van der Waals surface area (Å²) in [4.78, 5) is 1.47. The van der Waals surface area contributed by atoms with E-state index in [0.717, 1.165) is 5.56 Å². The number of benzene rings is 2. The van der Waals surface area contributed by atoms with Crippen LogP contribution in [0.25, 0.3) is 0 Å². The molecular weight excluding hydrogens is 383 g/mol. The maximum Gasteiger partial charge on any atom is 0.243 e. The largest absolute Gasteiger partial charge is 0.496 e. The van der Waals surface area contributed by atoms with Crippen LogP contribution in [0.4, 0.5) is 4.39 Å². The lowest BCUT2D eigenvalue weighted by molar-refractivity contribution is -0.917. The van der Waals surface area contributed by atoms with Gasteiger partial charge in [-0.2, -0.15) is 4.31 Å². The third-order valence-corrected chi connectivity index (χ3v) is 6.80. The van der Waals surface area contributed by atoms with Crippen molar-refractivity contribution in [2.24, 2.45) is 0 Å². The Morgan fingerprint density at radius 2 is 1.79 bits per heavy atom. The highest BCUT2D eigenvalue weighted by atomic mass is 32.2. The lowest BCUT2D eigenvalue weighted by Gasteiger charge is -2.31. The molecule has 0 amide bonds. The van der Waals surface area contributed by atoms with Gasteiger partial charge < -0.3 is 14.4 Å². The molecule has 3 rings (SSSR count). The first kappa shape index (κ1) is 20.6. The molecule has 6 nitrogen and oxygen atoms in total. The van der Waals surface area contributed by atoms with Crippen molar-refractivity contribution in [1.82, 2.24) is 4.31 Å². The van der Waals surface area contributed by atoms with Crippen LogP contribution in [0.2, 0.25) is 0 Å². The monoisotopic (exact) mass is 409 g/mol. The van der Waals surface area contributed by atoms with E-state index in [-0.39, 0.29) is 10.7 Å². The van der Waals surface area contributed by atoms with Crippen LogP contribution in [0, 0.1) is 5.82 Å². The molecule has 1 saturated heterocycles. The molecule has 2 aromatic rings. The standard InChI is InChI=1S/C20H25FN2O4S/c1-3-27-18-5-7-19(8-6-18)28(24,25)23-12-10-22(11-13-23)15-16-14-17(21)4-9-20(16)26-2/h4-9,14H,3,10-13,15H2,1-2H3/p+1. The van der Waals surface area contributed by atoms with Crippen LogP contribution in [0.3, 0.4) is 0 Å². The Morgan fingerprint density at radius 3 is 2.39 bits per heavy atom. The molecule has 0 radical (unpaired) electrons. The summed E-state index contributed by atoms with van der Waals surface area (Å²) >= 11 is 0. The summed E-state index contributed by atoms with van der Waals surface area (Å²) in [5, 5.41) is 0. The third kappa shape index (κ3) is 4.63. The summed E-state index contributed by atoms with van der Waals surface area (Å²) in [6.07, 6.45) is 0. The minimum absolute atomic E-state index is 0.270. The van der Waals surface area contributed by atoms with Gasteiger partial charge in [0.05, 0.1) is 50.4 Å². The molecule has 0 aliphatic carbocycles. The quantitative estimate of drug-likeness (QED) is 0.750. The summed E-state index contributed by atoms with van der Waals surface area (Å²) in [6.45, 7) is 5.15. The minimum atomic E-state index is -3.53. The molecule has 1 aliphatic heterocycles. The number of hydrogen-bond acceptors (Lipinski definition) is 4. The van der Waals surface area contributed by atoms with Crippen molar-refractivity contribution in [2.75, 3.05) is 39.9 Å². The maximum atomic E-state index is 13.6. The van der Waals surface area contributed by atoms with Crippen molar-refractivity contribution in [3.05, 3.63) is 53.8 Å². The normalized spacial score (nSPS) is 16.1. The number of nitrogens with zero attached hydrogens (tertiary/aromatic N) is 1. The fraction of sp³-hybridized carbons (Fsp3) is 0.400. The van der Waals surface area contributed by atoms with E-state index in [9.17, 15) is 12.8 Å². The Balaban J connectivity index is 1.64. The molecule has 1 heterocycles. The predicted molar refractivity (Wildman–Crippen MR) is 104 cm³/mol. The van der Waals surface area contributed by atoms with Gasteiger partial charge in [-0.15, -0.1) is 0 Å². The lowest BCUT2D eigenvalue weighted by Crippen LogP contribution is -3.13. The molecule has 0 unspecified atom stereocenters. The van der Waals surface area contributed by atoms with E-state index in [1.807, 2.05) is 6.92 Å². The van der Waals surface area contributed by atoms with Gasteiger partial charge in [0.1, 0.15) is 23.9 Å². The van der Waals surface area contributed by atoms with E-state index in [2.05, 4.69) is 0 Å².